The van der Waals surface area contributed by atoms with Crippen LogP contribution in [0.25, 0.3) is 0 Å². The minimum Gasteiger partial charge on any atom is -0.349 e. The number of hydrogen-bond acceptors (Lipinski definition) is 3. The largest absolute Gasteiger partial charge is 0.349 e. The molecule has 2 aromatic rings. The second kappa shape index (κ2) is 6.30. The molecular weight excluding hydrogens is 324 g/mol. The second-order valence-corrected chi connectivity index (χ2v) is 6.35. The summed E-state index contributed by atoms with van der Waals surface area (Å²) in [5.41, 5.74) is 1.93. The SMILES string of the molecule is Cc1nc(CC(=O)NC(C)c2ccc(Br)cc2)cs1. The van der Waals surface area contributed by atoms with Crippen molar-refractivity contribution in [2.75, 3.05) is 0 Å². The maximum atomic E-state index is 11.9. The Balaban J connectivity index is 1.93. The Hall–Kier alpha value is -1.20. The van der Waals surface area contributed by atoms with Crippen molar-refractivity contribution in [3.63, 3.8) is 0 Å². The monoisotopic (exact) mass is 338 g/mol. The minimum absolute atomic E-state index is 0.000308. The van der Waals surface area contributed by atoms with Crippen LogP contribution >= 0.6 is 27.3 Å². The summed E-state index contributed by atoms with van der Waals surface area (Å²) >= 11 is 4.96. The van der Waals surface area contributed by atoms with Crippen molar-refractivity contribution in [1.82, 2.24) is 10.3 Å². The number of rotatable bonds is 4. The standard InChI is InChI=1S/C14H15BrN2OS/c1-9(11-3-5-12(15)6-4-11)16-14(18)7-13-8-19-10(2)17-13/h3-6,8-9H,7H2,1-2H3,(H,16,18). The van der Waals surface area contributed by atoms with Gasteiger partial charge in [0.25, 0.3) is 0 Å². The molecule has 0 aliphatic rings. The van der Waals surface area contributed by atoms with Gasteiger partial charge in [0, 0.05) is 9.85 Å². The van der Waals surface area contributed by atoms with Crippen LogP contribution in [0.3, 0.4) is 0 Å². The summed E-state index contributed by atoms with van der Waals surface area (Å²) in [5, 5.41) is 5.90. The van der Waals surface area contributed by atoms with Crippen LogP contribution in [-0.2, 0) is 11.2 Å². The van der Waals surface area contributed by atoms with Crippen LogP contribution in [0.4, 0.5) is 0 Å². The molecule has 1 aromatic heterocycles. The van der Waals surface area contributed by atoms with E-state index in [1.165, 1.54) is 0 Å². The lowest BCUT2D eigenvalue weighted by Gasteiger charge is -2.14. The summed E-state index contributed by atoms with van der Waals surface area (Å²) in [6.07, 6.45) is 0.339. The molecule has 1 aromatic carbocycles. The van der Waals surface area contributed by atoms with Gasteiger partial charge in [-0.25, -0.2) is 4.98 Å². The number of carbonyl (C=O) groups is 1. The smallest absolute Gasteiger partial charge is 0.226 e. The summed E-state index contributed by atoms with van der Waals surface area (Å²) in [6.45, 7) is 3.92. The highest BCUT2D eigenvalue weighted by Gasteiger charge is 2.11. The van der Waals surface area contributed by atoms with E-state index < -0.39 is 0 Å². The first-order valence-electron chi connectivity index (χ1n) is 6.00. The van der Waals surface area contributed by atoms with Gasteiger partial charge < -0.3 is 5.32 Å². The topological polar surface area (TPSA) is 42.0 Å². The lowest BCUT2D eigenvalue weighted by atomic mass is 10.1. The third-order valence-electron chi connectivity index (χ3n) is 2.76. The van der Waals surface area contributed by atoms with E-state index in [0.717, 1.165) is 20.7 Å². The second-order valence-electron chi connectivity index (χ2n) is 4.38. The number of benzene rings is 1. The van der Waals surface area contributed by atoms with E-state index in [0.29, 0.717) is 6.42 Å². The molecule has 1 unspecified atom stereocenters. The van der Waals surface area contributed by atoms with Crippen molar-refractivity contribution < 1.29 is 4.79 Å². The molecule has 100 valence electrons. The maximum Gasteiger partial charge on any atom is 0.226 e. The molecule has 2 rings (SSSR count). The molecular formula is C14H15BrN2OS. The number of thiazole rings is 1. The van der Waals surface area contributed by atoms with E-state index in [1.807, 2.05) is 43.5 Å². The Kier molecular flexibility index (Phi) is 4.71. The fourth-order valence-electron chi connectivity index (χ4n) is 1.78. The molecule has 0 bridgehead atoms. The molecule has 0 radical (unpaired) electrons. The van der Waals surface area contributed by atoms with Gasteiger partial charge in [-0.3, -0.25) is 4.79 Å². The zero-order valence-corrected chi connectivity index (χ0v) is 13.2. The molecule has 0 aliphatic carbocycles. The van der Waals surface area contributed by atoms with Crippen LogP contribution < -0.4 is 5.32 Å². The zero-order chi connectivity index (χ0) is 13.8. The summed E-state index contributed by atoms with van der Waals surface area (Å²) < 4.78 is 1.03. The molecule has 0 saturated carbocycles. The first-order valence-corrected chi connectivity index (χ1v) is 7.67. The Labute approximate surface area is 125 Å². The van der Waals surface area contributed by atoms with Crippen LogP contribution in [0.2, 0.25) is 0 Å². The van der Waals surface area contributed by atoms with E-state index in [9.17, 15) is 4.79 Å². The van der Waals surface area contributed by atoms with Crippen molar-refractivity contribution in [2.45, 2.75) is 26.3 Å². The predicted octanol–water partition coefficient (Wildman–Crippen LogP) is 3.63. The Bertz CT molecular complexity index is 565. The van der Waals surface area contributed by atoms with E-state index >= 15 is 0 Å². The van der Waals surface area contributed by atoms with Gasteiger partial charge in [-0.2, -0.15) is 0 Å². The van der Waals surface area contributed by atoms with Gasteiger partial charge >= 0.3 is 0 Å². The molecule has 3 nitrogen and oxygen atoms in total. The van der Waals surface area contributed by atoms with Crippen molar-refractivity contribution in [3.8, 4) is 0 Å². The van der Waals surface area contributed by atoms with Crippen LogP contribution in [-0.4, -0.2) is 10.9 Å². The summed E-state index contributed by atoms with van der Waals surface area (Å²) in [6, 6.07) is 7.95. The van der Waals surface area contributed by atoms with Gasteiger partial charge in [-0.15, -0.1) is 11.3 Å². The number of nitrogens with one attached hydrogen (secondary N) is 1. The van der Waals surface area contributed by atoms with Gasteiger partial charge in [0.15, 0.2) is 0 Å². The first-order chi connectivity index (χ1) is 9.04. The molecule has 1 N–H and O–H groups in total. The molecule has 0 fully saturated rings. The van der Waals surface area contributed by atoms with Gasteiger partial charge in [-0.05, 0) is 31.5 Å². The van der Waals surface area contributed by atoms with Crippen LogP contribution in [0.1, 0.15) is 29.2 Å². The summed E-state index contributed by atoms with van der Waals surface area (Å²) in [5.74, 6) is 0.000666. The van der Waals surface area contributed by atoms with Gasteiger partial charge in [0.1, 0.15) is 0 Å². The quantitative estimate of drug-likeness (QED) is 0.924. The van der Waals surface area contributed by atoms with Crippen molar-refractivity contribution in [1.29, 1.82) is 0 Å². The van der Waals surface area contributed by atoms with Gasteiger partial charge in [0.05, 0.1) is 23.2 Å². The third kappa shape index (κ3) is 4.14. The normalized spacial score (nSPS) is 12.2. The molecule has 19 heavy (non-hydrogen) atoms. The molecule has 5 heteroatoms. The number of aryl methyl sites for hydroxylation is 1. The number of hydrogen-bond donors (Lipinski definition) is 1. The highest BCUT2D eigenvalue weighted by Crippen LogP contribution is 2.16. The summed E-state index contributed by atoms with van der Waals surface area (Å²) in [7, 11) is 0. The Morgan fingerprint density at radius 3 is 2.68 bits per heavy atom. The first kappa shape index (κ1) is 14.2. The molecule has 1 atom stereocenters. The van der Waals surface area contributed by atoms with Gasteiger partial charge in [0.2, 0.25) is 5.91 Å². The number of amides is 1. The molecule has 1 amide bonds. The van der Waals surface area contributed by atoms with Crippen LogP contribution in [0.15, 0.2) is 34.1 Å². The zero-order valence-electron chi connectivity index (χ0n) is 10.8. The van der Waals surface area contributed by atoms with E-state index in [1.54, 1.807) is 11.3 Å². The molecule has 0 aliphatic heterocycles. The fraction of sp³-hybridized carbons (Fsp3) is 0.286. The predicted molar refractivity (Wildman–Crippen MR) is 81.3 cm³/mol. The molecule has 1 heterocycles. The van der Waals surface area contributed by atoms with E-state index in [2.05, 4.69) is 26.2 Å². The highest BCUT2D eigenvalue weighted by atomic mass is 79.9. The third-order valence-corrected chi connectivity index (χ3v) is 4.11. The molecule has 0 saturated heterocycles. The highest BCUT2D eigenvalue weighted by molar-refractivity contribution is 9.10. The lowest BCUT2D eigenvalue weighted by Crippen LogP contribution is -2.28. The summed E-state index contributed by atoms with van der Waals surface area (Å²) in [4.78, 5) is 16.2. The fourth-order valence-corrected chi connectivity index (χ4v) is 2.66. The van der Waals surface area contributed by atoms with Crippen molar-refractivity contribution in [2.24, 2.45) is 0 Å². The van der Waals surface area contributed by atoms with Crippen molar-refractivity contribution >= 4 is 33.2 Å². The number of aromatic nitrogens is 1. The number of nitrogens with zero attached hydrogens (tertiary/aromatic N) is 1. The average Bonchev–Trinajstić information content (AvgIpc) is 2.75. The number of halogens is 1. The van der Waals surface area contributed by atoms with Crippen LogP contribution in [0, 0.1) is 6.92 Å². The average molecular weight is 339 g/mol. The Morgan fingerprint density at radius 1 is 1.42 bits per heavy atom. The Morgan fingerprint density at radius 2 is 2.11 bits per heavy atom. The lowest BCUT2D eigenvalue weighted by molar-refractivity contribution is -0.121. The van der Waals surface area contributed by atoms with E-state index in [4.69, 9.17) is 0 Å². The maximum absolute atomic E-state index is 11.9. The number of carbonyl (C=O) groups excluding carboxylic acids is 1. The minimum atomic E-state index is 0.000308. The van der Waals surface area contributed by atoms with Crippen molar-refractivity contribution in [3.05, 3.63) is 50.4 Å². The van der Waals surface area contributed by atoms with Crippen LogP contribution in [0.5, 0.6) is 0 Å². The molecule has 0 spiro atoms. The van der Waals surface area contributed by atoms with E-state index in [-0.39, 0.29) is 11.9 Å². The van der Waals surface area contributed by atoms with Gasteiger partial charge in [-0.1, -0.05) is 28.1 Å².